The first kappa shape index (κ1) is 20.5. The van der Waals surface area contributed by atoms with E-state index in [1.807, 2.05) is 0 Å². The molecule has 2 rings (SSSR count). The number of hydrogen-bond donors (Lipinski definition) is 1. The predicted octanol–water partition coefficient (Wildman–Crippen LogP) is 4.39. The van der Waals surface area contributed by atoms with Crippen LogP contribution in [0, 0.1) is 0 Å². The largest absolute Gasteiger partial charge is 0.491 e. The van der Waals surface area contributed by atoms with Crippen molar-refractivity contribution < 1.29 is 14.6 Å². The minimum Gasteiger partial charge on any atom is -0.491 e. The van der Waals surface area contributed by atoms with Crippen molar-refractivity contribution in [2.24, 2.45) is 0 Å². The maximum absolute atomic E-state index is 10.2. The van der Waals surface area contributed by atoms with Crippen molar-refractivity contribution >= 4 is 11.6 Å². The highest BCUT2D eigenvalue weighted by atomic mass is 35.5. The van der Waals surface area contributed by atoms with E-state index in [1.165, 1.54) is 0 Å². The van der Waals surface area contributed by atoms with E-state index in [4.69, 9.17) is 21.1 Å². The van der Waals surface area contributed by atoms with Crippen molar-refractivity contribution in [3.8, 4) is 17.4 Å². The van der Waals surface area contributed by atoms with Crippen LogP contribution >= 0.6 is 11.6 Å². The van der Waals surface area contributed by atoms with Gasteiger partial charge in [0.15, 0.2) is 0 Å². The highest BCUT2D eigenvalue weighted by Gasteiger charge is 2.11. The molecule has 1 unspecified atom stereocenters. The number of aliphatic hydroxyl groups excluding tert-OH is 1. The van der Waals surface area contributed by atoms with Crippen LogP contribution in [0.25, 0.3) is 0 Å². The van der Waals surface area contributed by atoms with Crippen LogP contribution in [0.3, 0.4) is 0 Å². The average molecular weight is 379 g/mol. The zero-order valence-electron chi connectivity index (χ0n) is 15.4. The van der Waals surface area contributed by atoms with Crippen LogP contribution < -0.4 is 9.47 Å². The Morgan fingerprint density at radius 3 is 2.35 bits per heavy atom. The minimum atomic E-state index is -0.517. The Labute approximate surface area is 160 Å². The van der Waals surface area contributed by atoms with E-state index >= 15 is 0 Å². The highest BCUT2D eigenvalue weighted by molar-refractivity contribution is 6.31. The summed E-state index contributed by atoms with van der Waals surface area (Å²) < 4.78 is 11.3. The van der Waals surface area contributed by atoms with E-state index in [-0.39, 0.29) is 6.61 Å². The predicted molar refractivity (Wildman–Crippen MR) is 104 cm³/mol. The summed E-state index contributed by atoms with van der Waals surface area (Å²) in [6, 6.07) is 10.6. The molecule has 0 spiro atoms. The SMILES string of the molecule is CCCN(CCC)CC(O)COc1ccc(Oc2ncccc2Cl)cc1. The Morgan fingerprint density at radius 2 is 1.73 bits per heavy atom. The van der Waals surface area contributed by atoms with Crippen molar-refractivity contribution in [2.75, 3.05) is 26.2 Å². The van der Waals surface area contributed by atoms with Gasteiger partial charge in [0.25, 0.3) is 0 Å². The minimum absolute atomic E-state index is 0.260. The van der Waals surface area contributed by atoms with Crippen LogP contribution in [0.4, 0.5) is 0 Å². The third kappa shape index (κ3) is 6.83. The standard InChI is InChI=1S/C20H27ClN2O3/c1-3-12-23(13-4-2)14-16(24)15-25-17-7-9-18(10-8-17)26-20-19(21)6-5-11-22-20/h5-11,16,24H,3-4,12-15H2,1-2H3. The molecule has 0 fully saturated rings. The first-order chi connectivity index (χ1) is 12.6. The van der Waals surface area contributed by atoms with Gasteiger partial charge >= 0.3 is 0 Å². The zero-order chi connectivity index (χ0) is 18.8. The monoisotopic (exact) mass is 378 g/mol. The number of halogens is 1. The quantitative estimate of drug-likeness (QED) is 0.628. The molecule has 0 saturated carbocycles. The highest BCUT2D eigenvalue weighted by Crippen LogP contribution is 2.27. The summed E-state index contributed by atoms with van der Waals surface area (Å²) in [5.41, 5.74) is 0. The second-order valence-corrected chi connectivity index (χ2v) is 6.54. The van der Waals surface area contributed by atoms with Crippen molar-refractivity contribution in [1.29, 1.82) is 0 Å². The first-order valence-electron chi connectivity index (χ1n) is 9.04. The van der Waals surface area contributed by atoms with Gasteiger partial charge in [-0.15, -0.1) is 0 Å². The van der Waals surface area contributed by atoms with Gasteiger partial charge < -0.3 is 19.5 Å². The molecule has 6 heteroatoms. The number of pyridine rings is 1. The fourth-order valence-electron chi connectivity index (χ4n) is 2.63. The average Bonchev–Trinajstić information content (AvgIpc) is 2.63. The van der Waals surface area contributed by atoms with Gasteiger partial charge in [0.05, 0.1) is 0 Å². The molecule has 0 radical (unpaired) electrons. The molecular formula is C20H27ClN2O3. The molecule has 1 aromatic heterocycles. The van der Waals surface area contributed by atoms with Crippen molar-refractivity contribution in [2.45, 2.75) is 32.8 Å². The fourth-order valence-corrected chi connectivity index (χ4v) is 2.79. The topological polar surface area (TPSA) is 54.8 Å². The summed E-state index contributed by atoms with van der Waals surface area (Å²) in [6.07, 6.45) is 3.27. The van der Waals surface area contributed by atoms with E-state index in [2.05, 4.69) is 23.7 Å². The Balaban J connectivity index is 1.82. The Kier molecular flexibility index (Phi) is 8.68. The summed E-state index contributed by atoms with van der Waals surface area (Å²) in [4.78, 5) is 6.36. The number of rotatable bonds is 11. The van der Waals surface area contributed by atoms with Crippen molar-refractivity contribution in [1.82, 2.24) is 9.88 Å². The molecule has 2 aromatic rings. The van der Waals surface area contributed by atoms with Gasteiger partial charge in [0.1, 0.15) is 29.2 Å². The Bertz CT molecular complexity index is 646. The third-order valence-electron chi connectivity index (χ3n) is 3.75. The molecule has 1 heterocycles. The van der Waals surface area contributed by atoms with Gasteiger partial charge in [-0.25, -0.2) is 4.98 Å². The van der Waals surface area contributed by atoms with Gasteiger partial charge in [-0.2, -0.15) is 0 Å². The van der Waals surface area contributed by atoms with Gasteiger partial charge in [0, 0.05) is 12.7 Å². The van der Waals surface area contributed by atoms with Gasteiger partial charge in [0.2, 0.25) is 5.88 Å². The van der Waals surface area contributed by atoms with E-state index < -0.39 is 6.10 Å². The summed E-state index contributed by atoms with van der Waals surface area (Å²) in [6.45, 7) is 7.16. The van der Waals surface area contributed by atoms with Crippen LogP contribution in [0.2, 0.25) is 5.02 Å². The molecule has 5 nitrogen and oxygen atoms in total. The molecule has 0 aliphatic heterocycles. The van der Waals surface area contributed by atoms with Gasteiger partial charge in [-0.1, -0.05) is 25.4 Å². The zero-order valence-corrected chi connectivity index (χ0v) is 16.2. The normalized spacial score (nSPS) is 12.2. The number of aliphatic hydroxyl groups is 1. The van der Waals surface area contributed by atoms with Crippen LogP contribution in [0.1, 0.15) is 26.7 Å². The van der Waals surface area contributed by atoms with Crippen LogP contribution in [0.5, 0.6) is 17.4 Å². The molecule has 0 saturated heterocycles. The first-order valence-corrected chi connectivity index (χ1v) is 9.41. The molecule has 0 amide bonds. The number of aromatic nitrogens is 1. The summed E-state index contributed by atoms with van der Waals surface area (Å²) >= 11 is 6.03. The fraction of sp³-hybridized carbons (Fsp3) is 0.450. The van der Waals surface area contributed by atoms with Crippen LogP contribution in [-0.4, -0.2) is 47.3 Å². The van der Waals surface area contributed by atoms with Crippen molar-refractivity contribution in [3.05, 3.63) is 47.6 Å². The van der Waals surface area contributed by atoms with Crippen LogP contribution in [-0.2, 0) is 0 Å². The second kappa shape index (κ2) is 11.0. The van der Waals surface area contributed by atoms with Crippen LogP contribution in [0.15, 0.2) is 42.6 Å². The second-order valence-electron chi connectivity index (χ2n) is 6.13. The van der Waals surface area contributed by atoms with Crippen molar-refractivity contribution in [3.63, 3.8) is 0 Å². The maximum Gasteiger partial charge on any atom is 0.238 e. The van der Waals surface area contributed by atoms with Gasteiger partial charge in [-0.05, 0) is 62.3 Å². The number of nitrogens with zero attached hydrogens (tertiary/aromatic N) is 2. The number of hydrogen-bond acceptors (Lipinski definition) is 5. The molecule has 1 N–H and O–H groups in total. The molecule has 142 valence electrons. The Hall–Kier alpha value is -1.82. The van der Waals surface area contributed by atoms with Gasteiger partial charge in [-0.3, -0.25) is 0 Å². The molecular weight excluding hydrogens is 352 g/mol. The maximum atomic E-state index is 10.2. The lowest BCUT2D eigenvalue weighted by Crippen LogP contribution is -2.36. The lowest BCUT2D eigenvalue weighted by molar-refractivity contribution is 0.0681. The Morgan fingerprint density at radius 1 is 1.08 bits per heavy atom. The summed E-state index contributed by atoms with van der Waals surface area (Å²) in [5, 5.41) is 10.7. The van der Waals surface area contributed by atoms with E-state index in [0.29, 0.717) is 28.9 Å². The lowest BCUT2D eigenvalue weighted by Gasteiger charge is -2.24. The van der Waals surface area contributed by atoms with E-state index in [9.17, 15) is 5.11 Å². The van der Waals surface area contributed by atoms with E-state index in [0.717, 1.165) is 25.9 Å². The molecule has 1 atom stereocenters. The summed E-state index contributed by atoms with van der Waals surface area (Å²) in [7, 11) is 0. The molecule has 26 heavy (non-hydrogen) atoms. The lowest BCUT2D eigenvalue weighted by atomic mass is 10.3. The third-order valence-corrected chi connectivity index (χ3v) is 4.04. The number of ether oxygens (including phenoxy) is 2. The molecule has 0 aliphatic carbocycles. The number of benzene rings is 1. The summed E-state index contributed by atoms with van der Waals surface area (Å²) in [5.74, 6) is 1.67. The molecule has 0 aliphatic rings. The molecule has 0 bridgehead atoms. The van der Waals surface area contributed by atoms with E-state index in [1.54, 1.807) is 42.6 Å². The molecule has 1 aromatic carbocycles. The smallest absolute Gasteiger partial charge is 0.238 e.